The van der Waals surface area contributed by atoms with Crippen LogP contribution in [0.2, 0.25) is 0 Å². The summed E-state index contributed by atoms with van der Waals surface area (Å²) >= 11 is 0. The average molecular weight is 369 g/mol. The number of nitrogens with one attached hydrogen (secondary N) is 1. The SMILES string of the molecule is O=C1CN(C(=O)CCC(=O)N(C2CCCCC2)C2CC2)c2ccccc2N1. The number of rotatable bonds is 5. The highest BCUT2D eigenvalue weighted by Crippen LogP contribution is 2.35. The molecule has 0 saturated heterocycles. The van der Waals surface area contributed by atoms with E-state index in [2.05, 4.69) is 10.2 Å². The van der Waals surface area contributed by atoms with E-state index in [0.717, 1.165) is 25.7 Å². The van der Waals surface area contributed by atoms with E-state index in [-0.39, 0.29) is 37.1 Å². The average Bonchev–Trinajstić information content (AvgIpc) is 3.51. The molecule has 0 spiro atoms. The van der Waals surface area contributed by atoms with Crippen molar-refractivity contribution in [2.75, 3.05) is 16.8 Å². The maximum Gasteiger partial charge on any atom is 0.244 e. The maximum absolute atomic E-state index is 12.9. The van der Waals surface area contributed by atoms with E-state index in [0.29, 0.717) is 23.5 Å². The van der Waals surface area contributed by atoms with Crippen molar-refractivity contribution in [2.45, 2.75) is 69.9 Å². The van der Waals surface area contributed by atoms with Gasteiger partial charge in [0.1, 0.15) is 6.54 Å². The van der Waals surface area contributed by atoms with Crippen molar-refractivity contribution in [1.82, 2.24) is 4.90 Å². The predicted molar refractivity (Wildman–Crippen MR) is 103 cm³/mol. The molecule has 6 heteroatoms. The van der Waals surface area contributed by atoms with Gasteiger partial charge in [-0.15, -0.1) is 0 Å². The normalized spacial score (nSPS) is 20.0. The molecule has 0 atom stereocenters. The molecule has 0 bridgehead atoms. The molecule has 1 aromatic carbocycles. The van der Waals surface area contributed by atoms with E-state index >= 15 is 0 Å². The van der Waals surface area contributed by atoms with Crippen molar-refractivity contribution in [3.05, 3.63) is 24.3 Å². The molecular weight excluding hydrogens is 342 g/mol. The Balaban J connectivity index is 1.40. The number of hydrogen-bond acceptors (Lipinski definition) is 3. The lowest BCUT2D eigenvalue weighted by Crippen LogP contribution is -2.44. The summed E-state index contributed by atoms with van der Waals surface area (Å²) in [5.41, 5.74) is 1.36. The fourth-order valence-electron chi connectivity index (χ4n) is 4.35. The Morgan fingerprint density at radius 2 is 1.70 bits per heavy atom. The van der Waals surface area contributed by atoms with E-state index in [1.807, 2.05) is 18.2 Å². The fraction of sp³-hybridized carbons (Fsp3) is 0.571. The highest BCUT2D eigenvalue weighted by molar-refractivity contribution is 6.10. The van der Waals surface area contributed by atoms with Gasteiger partial charge in [0, 0.05) is 24.9 Å². The Bertz CT molecular complexity index is 738. The molecule has 1 aliphatic heterocycles. The molecule has 0 radical (unpaired) electrons. The zero-order chi connectivity index (χ0) is 18.8. The molecule has 6 nitrogen and oxygen atoms in total. The van der Waals surface area contributed by atoms with Crippen molar-refractivity contribution >= 4 is 29.1 Å². The van der Waals surface area contributed by atoms with Crippen molar-refractivity contribution in [1.29, 1.82) is 0 Å². The molecule has 2 fully saturated rings. The topological polar surface area (TPSA) is 69.7 Å². The molecule has 27 heavy (non-hydrogen) atoms. The molecule has 144 valence electrons. The lowest BCUT2D eigenvalue weighted by molar-refractivity contribution is -0.136. The molecular formula is C21H27N3O3. The third kappa shape index (κ3) is 3.99. The zero-order valence-corrected chi connectivity index (χ0v) is 15.7. The first-order valence-corrected chi connectivity index (χ1v) is 10.1. The summed E-state index contributed by atoms with van der Waals surface area (Å²) in [5.74, 6) is -0.257. The van der Waals surface area contributed by atoms with Crippen LogP contribution >= 0.6 is 0 Å². The number of anilines is 2. The highest BCUT2D eigenvalue weighted by Gasteiger charge is 2.37. The number of carbonyl (C=O) groups excluding carboxylic acids is 3. The molecule has 2 aliphatic carbocycles. The molecule has 2 saturated carbocycles. The van der Waals surface area contributed by atoms with Crippen LogP contribution in [0.5, 0.6) is 0 Å². The lowest BCUT2D eigenvalue weighted by atomic mass is 9.93. The number of para-hydroxylation sites is 2. The van der Waals surface area contributed by atoms with Gasteiger partial charge in [0.2, 0.25) is 17.7 Å². The number of fused-ring (bicyclic) bond motifs is 1. The lowest BCUT2D eigenvalue weighted by Gasteiger charge is -2.35. The Morgan fingerprint density at radius 1 is 1.00 bits per heavy atom. The van der Waals surface area contributed by atoms with Gasteiger partial charge >= 0.3 is 0 Å². The van der Waals surface area contributed by atoms with Gasteiger partial charge in [-0.25, -0.2) is 0 Å². The first kappa shape index (κ1) is 18.0. The number of nitrogens with zero attached hydrogens (tertiary/aromatic N) is 2. The minimum Gasteiger partial charge on any atom is -0.337 e. The van der Waals surface area contributed by atoms with E-state index in [1.165, 1.54) is 24.2 Å². The molecule has 3 aliphatic rings. The minimum absolute atomic E-state index is 0.0129. The summed E-state index contributed by atoms with van der Waals surface area (Å²) in [6, 6.07) is 8.03. The van der Waals surface area contributed by atoms with Crippen LogP contribution in [0.25, 0.3) is 0 Å². The number of hydrogen-bond donors (Lipinski definition) is 1. The molecule has 1 heterocycles. The summed E-state index contributed by atoms with van der Waals surface area (Å²) < 4.78 is 0. The van der Waals surface area contributed by atoms with Gasteiger partial charge in [-0.1, -0.05) is 31.4 Å². The van der Waals surface area contributed by atoms with Gasteiger partial charge in [0.15, 0.2) is 0 Å². The van der Waals surface area contributed by atoms with E-state index in [1.54, 1.807) is 6.07 Å². The summed E-state index contributed by atoms with van der Waals surface area (Å²) in [4.78, 5) is 41.2. The van der Waals surface area contributed by atoms with Crippen molar-refractivity contribution in [3.63, 3.8) is 0 Å². The largest absolute Gasteiger partial charge is 0.337 e. The second-order valence-electron chi connectivity index (χ2n) is 7.87. The zero-order valence-electron chi connectivity index (χ0n) is 15.7. The Morgan fingerprint density at radius 3 is 2.44 bits per heavy atom. The third-order valence-corrected chi connectivity index (χ3v) is 5.82. The van der Waals surface area contributed by atoms with Gasteiger partial charge in [-0.05, 0) is 37.8 Å². The van der Waals surface area contributed by atoms with Crippen LogP contribution in [0.4, 0.5) is 11.4 Å². The van der Waals surface area contributed by atoms with Crippen LogP contribution in [-0.4, -0.2) is 41.2 Å². The van der Waals surface area contributed by atoms with Crippen LogP contribution in [0.15, 0.2) is 24.3 Å². The summed E-state index contributed by atoms with van der Waals surface area (Å²) in [7, 11) is 0. The molecule has 3 amide bonds. The Labute approximate surface area is 159 Å². The van der Waals surface area contributed by atoms with Crippen LogP contribution < -0.4 is 10.2 Å². The standard InChI is InChI=1S/C21H27N3O3/c25-19-14-23(18-9-5-4-8-17(18)22-19)20(26)12-13-21(27)24(16-10-11-16)15-6-2-1-3-7-15/h4-5,8-9,15-16H,1-3,6-7,10-14H2,(H,22,25). The minimum atomic E-state index is -0.199. The summed E-state index contributed by atoms with van der Waals surface area (Å²) in [6.45, 7) is 0.0129. The fourth-order valence-corrected chi connectivity index (χ4v) is 4.35. The van der Waals surface area contributed by atoms with E-state index in [9.17, 15) is 14.4 Å². The molecule has 0 unspecified atom stereocenters. The summed E-state index contributed by atoms with van der Waals surface area (Å²) in [6.07, 6.45) is 8.40. The second-order valence-corrected chi connectivity index (χ2v) is 7.87. The first-order chi connectivity index (χ1) is 13.1. The second kappa shape index (κ2) is 7.71. The van der Waals surface area contributed by atoms with Crippen molar-refractivity contribution in [2.24, 2.45) is 0 Å². The van der Waals surface area contributed by atoms with Gasteiger partial charge in [-0.3, -0.25) is 14.4 Å². The molecule has 1 N–H and O–H groups in total. The van der Waals surface area contributed by atoms with Gasteiger partial charge in [0.05, 0.1) is 11.4 Å². The number of carbonyl (C=O) groups is 3. The predicted octanol–water partition coefficient (Wildman–Crippen LogP) is 3.08. The van der Waals surface area contributed by atoms with Crippen LogP contribution in [-0.2, 0) is 14.4 Å². The third-order valence-electron chi connectivity index (χ3n) is 5.82. The monoisotopic (exact) mass is 369 g/mol. The molecule has 0 aromatic heterocycles. The first-order valence-electron chi connectivity index (χ1n) is 10.1. The van der Waals surface area contributed by atoms with Gasteiger partial charge in [-0.2, -0.15) is 0 Å². The van der Waals surface area contributed by atoms with E-state index in [4.69, 9.17) is 0 Å². The Kier molecular flexibility index (Phi) is 5.14. The van der Waals surface area contributed by atoms with Crippen LogP contribution in [0.1, 0.15) is 57.8 Å². The van der Waals surface area contributed by atoms with Gasteiger partial charge in [0.25, 0.3) is 0 Å². The maximum atomic E-state index is 12.9. The van der Waals surface area contributed by atoms with Crippen LogP contribution in [0.3, 0.4) is 0 Å². The van der Waals surface area contributed by atoms with E-state index < -0.39 is 0 Å². The number of amides is 3. The molecule has 4 rings (SSSR count). The summed E-state index contributed by atoms with van der Waals surface area (Å²) in [5, 5.41) is 2.79. The van der Waals surface area contributed by atoms with Crippen LogP contribution in [0, 0.1) is 0 Å². The van der Waals surface area contributed by atoms with Crippen molar-refractivity contribution in [3.8, 4) is 0 Å². The van der Waals surface area contributed by atoms with Gasteiger partial charge < -0.3 is 15.1 Å². The highest BCUT2D eigenvalue weighted by atomic mass is 16.2. The van der Waals surface area contributed by atoms with Crippen molar-refractivity contribution < 1.29 is 14.4 Å². The quantitative estimate of drug-likeness (QED) is 0.867. The number of benzene rings is 1. The Hall–Kier alpha value is -2.37. The molecule has 1 aromatic rings. The smallest absolute Gasteiger partial charge is 0.244 e.